The molecule has 0 aliphatic heterocycles. The molecule has 7 heteroatoms. The highest BCUT2D eigenvalue weighted by Gasteiger charge is 2.08. The second-order valence-electron chi connectivity index (χ2n) is 5.59. The number of rotatable bonds is 9. The molecule has 27 heavy (non-hydrogen) atoms. The summed E-state index contributed by atoms with van der Waals surface area (Å²) in [6.07, 6.45) is 0.264. The van der Waals surface area contributed by atoms with E-state index in [9.17, 15) is 9.59 Å². The van der Waals surface area contributed by atoms with Crippen LogP contribution in [0.1, 0.15) is 23.7 Å². The lowest BCUT2D eigenvalue weighted by Crippen LogP contribution is -2.16. The maximum Gasteiger partial charge on any atom is 0.338 e. The molecule has 0 bridgehead atoms. The van der Waals surface area contributed by atoms with Gasteiger partial charge in [-0.05, 0) is 43.3 Å². The van der Waals surface area contributed by atoms with Gasteiger partial charge in [0.05, 0.1) is 32.1 Å². The van der Waals surface area contributed by atoms with Crippen LogP contribution in [0.25, 0.3) is 0 Å². The van der Waals surface area contributed by atoms with Crippen molar-refractivity contribution in [3.8, 4) is 11.5 Å². The van der Waals surface area contributed by atoms with E-state index < -0.39 is 0 Å². The Kier molecular flexibility index (Phi) is 7.49. The Morgan fingerprint density at radius 3 is 2.37 bits per heavy atom. The molecule has 0 aliphatic rings. The lowest BCUT2D eigenvalue weighted by molar-refractivity contribution is -0.115. The summed E-state index contributed by atoms with van der Waals surface area (Å²) in [7, 11) is 3.17. The topological polar surface area (TPSA) is 85.9 Å². The molecule has 0 saturated carbocycles. The maximum atomic E-state index is 12.1. The SMILES string of the molecule is CCOC(=O)c1ccc(NC(=O)CCNc2cc(OC)ccc2OC)cc1. The van der Waals surface area contributed by atoms with Crippen LogP contribution >= 0.6 is 0 Å². The summed E-state index contributed by atoms with van der Waals surface area (Å²) in [5.74, 6) is 0.843. The Hall–Kier alpha value is -3.22. The summed E-state index contributed by atoms with van der Waals surface area (Å²) >= 11 is 0. The predicted molar refractivity (Wildman–Crippen MR) is 104 cm³/mol. The number of anilines is 2. The van der Waals surface area contributed by atoms with Crippen molar-refractivity contribution in [2.75, 3.05) is 38.0 Å². The second-order valence-corrected chi connectivity index (χ2v) is 5.59. The Bertz CT molecular complexity index is 774. The average Bonchev–Trinajstić information content (AvgIpc) is 2.68. The molecule has 7 nitrogen and oxygen atoms in total. The van der Waals surface area contributed by atoms with Crippen molar-refractivity contribution < 1.29 is 23.8 Å². The first-order valence-electron chi connectivity index (χ1n) is 8.60. The van der Waals surface area contributed by atoms with Gasteiger partial charge in [-0.2, -0.15) is 0 Å². The van der Waals surface area contributed by atoms with Gasteiger partial charge in [0.25, 0.3) is 0 Å². The fourth-order valence-electron chi connectivity index (χ4n) is 2.39. The number of ether oxygens (including phenoxy) is 3. The van der Waals surface area contributed by atoms with Gasteiger partial charge in [0.2, 0.25) is 5.91 Å². The number of carbonyl (C=O) groups excluding carboxylic acids is 2. The molecule has 0 saturated heterocycles. The lowest BCUT2D eigenvalue weighted by Gasteiger charge is -2.12. The summed E-state index contributed by atoms with van der Waals surface area (Å²) in [4.78, 5) is 23.7. The first-order valence-corrected chi connectivity index (χ1v) is 8.60. The molecule has 2 aromatic carbocycles. The van der Waals surface area contributed by atoms with Gasteiger partial charge in [0, 0.05) is 24.7 Å². The smallest absolute Gasteiger partial charge is 0.338 e. The number of esters is 1. The molecule has 0 spiro atoms. The molecule has 0 aliphatic carbocycles. The molecule has 2 aromatic rings. The van der Waals surface area contributed by atoms with Crippen LogP contribution in [-0.2, 0) is 9.53 Å². The van der Waals surface area contributed by atoms with Gasteiger partial charge in [-0.1, -0.05) is 0 Å². The molecule has 0 fully saturated rings. The van der Waals surface area contributed by atoms with Crippen LogP contribution in [0.3, 0.4) is 0 Å². The first kappa shape index (κ1) is 20.1. The van der Waals surface area contributed by atoms with Crippen molar-refractivity contribution in [1.29, 1.82) is 0 Å². The van der Waals surface area contributed by atoms with E-state index in [0.29, 0.717) is 35.9 Å². The molecule has 1 amide bonds. The number of carbonyl (C=O) groups is 2. The van der Waals surface area contributed by atoms with Crippen molar-refractivity contribution in [3.63, 3.8) is 0 Å². The first-order chi connectivity index (χ1) is 13.1. The van der Waals surface area contributed by atoms with Crippen LogP contribution < -0.4 is 20.1 Å². The highest BCUT2D eigenvalue weighted by atomic mass is 16.5. The molecule has 0 atom stereocenters. The summed E-state index contributed by atoms with van der Waals surface area (Å²) in [5.41, 5.74) is 1.82. The second kappa shape index (κ2) is 10.1. The van der Waals surface area contributed by atoms with Crippen LogP contribution in [0.4, 0.5) is 11.4 Å². The zero-order chi connectivity index (χ0) is 19.6. The molecule has 2 N–H and O–H groups in total. The van der Waals surface area contributed by atoms with Gasteiger partial charge in [0.15, 0.2) is 0 Å². The molecule has 144 valence electrons. The Balaban J connectivity index is 1.85. The quantitative estimate of drug-likeness (QED) is 0.657. The number of hydrogen-bond acceptors (Lipinski definition) is 6. The largest absolute Gasteiger partial charge is 0.497 e. The van der Waals surface area contributed by atoms with Gasteiger partial charge in [-0.25, -0.2) is 4.79 Å². The van der Waals surface area contributed by atoms with Crippen LogP contribution in [0.2, 0.25) is 0 Å². The van der Waals surface area contributed by atoms with Crippen molar-refractivity contribution >= 4 is 23.3 Å². The fraction of sp³-hybridized carbons (Fsp3) is 0.300. The zero-order valence-electron chi connectivity index (χ0n) is 15.7. The van der Waals surface area contributed by atoms with Gasteiger partial charge in [-0.15, -0.1) is 0 Å². The molecule has 0 aromatic heterocycles. The minimum absolute atomic E-state index is 0.145. The predicted octanol–water partition coefficient (Wildman–Crippen LogP) is 3.32. The number of methoxy groups -OCH3 is 2. The third-order valence-corrected chi connectivity index (χ3v) is 3.75. The molecular weight excluding hydrogens is 348 g/mol. The third-order valence-electron chi connectivity index (χ3n) is 3.75. The lowest BCUT2D eigenvalue weighted by atomic mass is 10.2. The number of nitrogens with one attached hydrogen (secondary N) is 2. The Labute approximate surface area is 158 Å². The molecule has 0 unspecified atom stereocenters. The van der Waals surface area contributed by atoms with Crippen LogP contribution in [0, 0.1) is 0 Å². The van der Waals surface area contributed by atoms with Crippen molar-refractivity contribution in [3.05, 3.63) is 48.0 Å². The number of amides is 1. The molecule has 0 heterocycles. The Morgan fingerprint density at radius 1 is 1.00 bits per heavy atom. The standard InChI is InChI=1S/C20H24N2O5/c1-4-27-20(24)14-5-7-15(8-6-14)22-19(23)11-12-21-17-13-16(25-2)9-10-18(17)26-3/h5-10,13,21H,4,11-12H2,1-3H3,(H,22,23). The Morgan fingerprint density at radius 2 is 1.74 bits per heavy atom. The van der Waals surface area contributed by atoms with Gasteiger partial charge < -0.3 is 24.8 Å². The van der Waals surface area contributed by atoms with E-state index in [1.165, 1.54) is 0 Å². The fourth-order valence-corrected chi connectivity index (χ4v) is 2.39. The third kappa shape index (κ3) is 5.91. The van der Waals surface area contributed by atoms with E-state index in [0.717, 1.165) is 5.69 Å². The summed E-state index contributed by atoms with van der Waals surface area (Å²) < 4.78 is 15.4. The van der Waals surface area contributed by atoms with Crippen molar-refractivity contribution in [2.45, 2.75) is 13.3 Å². The van der Waals surface area contributed by atoms with Crippen LogP contribution in [0.5, 0.6) is 11.5 Å². The highest BCUT2D eigenvalue weighted by molar-refractivity contribution is 5.93. The summed E-state index contributed by atoms with van der Waals surface area (Å²) in [6.45, 7) is 2.50. The minimum atomic E-state index is -0.383. The van der Waals surface area contributed by atoms with E-state index in [1.54, 1.807) is 57.5 Å². The van der Waals surface area contributed by atoms with Crippen molar-refractivity contribution in [1.82, 2.24) is 0 Å². The summed E-state index contributed by atoms with van der Waals surface area (Å²) in [6, 6.07) is 12.0. The molecule has 2 rings (SSSR count). The summed E-state index contributed by atoms with van der Waals surface area (Å²) in [5, 5.41) is 5.96. The number of benzene rings is 2. The molecular formula is C20H24N2O5. The van der Waals surface area contributed by atoms with Crippen LogP contribution in [0.15, 0.2) is 42.5 Å². The van der Waals surface area contributed by atoms with Crippen molar-refractivity contribution in [2.24, 2.45) is 0 Å². The van der Waals surface area contributed by atoms with E-state index in [4.69, 9.17) is 14.2 Å². The van der Waals surface area contributed by atoms with Gasteiger partial charge in [0.1, 0.15) is 11.5 Å². The van der Waals surface area contributed by atoms with E-state index in [-0.39, 0.29) is 18.3 Å². The average molecular weight is 372 g/mol. The normalized spacial score (nSPS) is 10.0. The highest BCUT2D eigenvalue weighted by Crippen LogP contribution is 2.28. The van der Waals surface area contributed by atoms with Gasteiger partial charge >= 0.3 is 5.97 Å². The maximum absolute atomic E-state index is 12.1. The minimum Gasteiger partial charge on any atom is -0.497 e. The molecule has 0 radical (unpaired) electrons. The van der Waals surface area contributed by atoms with E-state index >= 15 is 0 Å². The zero-order valence-corrected chi connectivity index (χ0v) is 15.7. The van der Waals surface area contributed by atoms with E-state index in [2.05, 4.69) is 10.6 Å². The van der Waals surface area contributed by atoms with Gasteiger partial charge in [-0.3, -0.25) is 4.79 Å². The number of hydrogen-bond donors (Lipinski definition) is 2. The monoisotopic (exact) mass is 372 g/mol. The van der Waals surface area contributed by atoms with E-state index in [1.807, 2.05) is 6.07 Å². The van der Waals surface area contributed by atoms with Crippen LogP contribution in [-0.4, -0.2) is 39.2 Å².